The number of anilines is 2. The van der Waals surface area contributed by atoms with Crippen LogP contribution in [0.3, 0.4) is 0 Å². The van der Waals surface area contributed by atoms with Crippen molar-refractivity contribution in [3.8, 4) is 0 Å². The van der Waals surface area contributed by atoms with Crippen molar-refractivity contribution in [1.82, 2.24) is 4.98 Å². The first-order valence-electron chi connectivity index (χ1n) is 9.12. The number of ether oxygens (including phenoxy) is 3. The van der Waals surface area contributed by atoms with Crippen LogP contribution in [0.15, 0.2) is 16.7 Å². The minimum Gasteiger partial charge on any atom is -0.443 e. The van der Waals surface area contributed by atoms with Gasteiger partial charge in [-0.15, -0.1) is 0 Å². The number of halogens is 1. The lowest BCUT2D eigenvalue weighted by atomic mass is 10.2. The molecule has 1 aliphatic rings. The van der Waals surface area contributed by atoms with Gasteiger partial charge in [0, 0.05) is 25.4 Å². The number of morpholine rings is 1. The van der Waals surface area contributed by atoms with Crippen LogP contribution in [0, 0.1) is 0 Å². The third-order valence-corrected chi connectivity index (χ3v) is 4.16. The molecular weight excluding hydrogens is 430 g/mol. The number of pyridine rings is 1. The molecular formula is C19H28BrN3O5. The highest BCUT2D eigenvalue weighted by Gasteiger charge is 2.34. The number of nitrogens with zero attached hydrogens (tertiary/aromatic N) is 3. The van der Waals surface area contributed by atoms with Crippen LogP contribution >= 0.6 is 15.9 Å². The summed E-state index contributed by atoms with van der Waals surface area (Å²) in [4.78, 5) is 32.7. The van der Waals surface area contributed by atoms with E-state index in [0.717, 1.165) is 15.1 Å². The summed E-state index contributed by atoms with van der Waals surface area (Å²) in [5, 5.41) is 0. The van der Waals surface area contributed by atoms with E-state index in [4.69, 9.17) is 14.2 Å². The van der Waals surface area contributed by atoms with Crippen LogP contribution in [0.5, 0.6) is 0 Å². The monoisotopic (exact) mass is 457 g/mol. The summed E-state index contributed by atoms with van der Waals surface area (Å²) in [5.41, 5.74) is -0.745. The lowest BCUT2D eigenvalue weighted by Crippen LogP contribution is -2.44. The van der Waals surface area contributed by atoms with E-state index in [1.807, 2.05) is 0 Å². The van der Waals surface area contributed by atoms with Crippen molar-refractivity contribution in [2.75, 3.05) is 36.1 Å². The van der Waals surface area contributed by atoms with Gasteiger partial charge in [0.15, 0.2) is 5.82 Å². The van der Waals surface area contributed by atoms with Gasteiger partial charge in [0.05, 0.1) is 23.4 Å². The van der Waals surface area contributed by atoms with Gasteiger partial charge in [-0.1, -0.05) is 0 Å². The van der Waals surface area contributed by atoms with Crippen LogP contribution < -0.4 is 9.80 Å². The lowest BCUT2D eigenvalue weighted by Gasteiger charge is -2.31. The van der Waals surface area contributed by atoms with Crippen LogP contribution in [0.4, 0.5) is 21.1 Å². The molecule has 2 rings (SSSR count). The van der Waals surface area contributed by atoms with E-state index in [0.29, 0.717) is 26.3 Å². The Morgan fingerprint density at radius 2 is 1.57 bits per heavy atom. The molecule has 1 aromatic heterocycles. The Labute approximate surface area is 174 Å². The maximum Gasteiger partial charge on any atom is 0.425 e. The van der Waals surface area contributed by atoms with Gasteiger partial charge in [-0.25, -0.2) is 14.6 Å². The van der Waals surface area contributed by atoms with E-state index in [9.17, 15) is 9.59 Å². The van der Waals surface area contributed by atoms with Gasteiger partial charge < -0.3 is 19.1 Å². The van der Waals surface area contributed by atoms with Gasteiger partial charge >= 0.3 is 12.2 Å². The molecule has 8 nitrogen and oxygen atoms in total. The van der Waals surface area contributed by atoms with Crippen molar-refractivity contribution in [2.45, 2.75) is 52.7 Å². The minimum absolute atomic E-state index is 0.133. The van der Waals surface area contributed by atoms with E-state index in [1.165, 1.54) is 0 Å². The molecule has 0 aliphatic carbocycles. The van der Waals surface area contributed by atoms with Crippen molar-refractivity contribution >= 4 is 39.6 Å². The molecule has 1 fully saturated rings. The first-order chi connectivity index (χ1) is 12.9. The Kier molecular flexibility index (Phi) is 6.93. The highest BCUT2D eigenvalue weighted by molar-refractivity contribution is 9.10. The van der Waals surface area contributed by atoms with E-state index >= 15 is 0 Å². The van der Waals surface area contributed by atoms with Gasteiger partial charge in [-0.3, -0.25) is 0 Å². The average molecular weight is 458 g/mol. The first kappa shape index (κ1) is 22.4. The molecule has 2 amide bonds. The molecule has 2 heterocycles. The number of imide groups is 1. The maximum absolute atomic E-state index is 12.8. The van der Waals surface area contributed by atoms with Crippen molar-refractivity contribution in [2.24, 2.45) is 0 Å². The van der Waals surface area contributed by atoms with Gasteiger partial charge in [0.1, 0.15) is 11.2 Å². The van der Waals surface area contributed by atoms with E-state index in [-0.39, 0.29) is 5.82 Å². The summed E-state index contributed by atoms with van der Waals surface area (Å²) >= 11 is 3.49. The van der Waals surface area contributed by atoms with E-state index < -0.39 is 23.4 Å². The second-order valence-corrected chi connectivity index (χ2v) is 9.24. The molecule has 9 heteroatoms. The molecule has 0 bridgehead atoms. The molecule has 0 atom stereocenters. The Balaban J connectivity index is 2.41. The van der Waals surface area contributed by atoms with Crippen LogP contribution in [0.2, 0.25) is 0 Å². The topological polar surface area (TPSA) is 81.2 Å². The molecule has 28 heavy (non-hydrogen) atoms. The molecule has 1 aromatic rings. The standard InChI is InChI=1S/C19H28BrN3O5/c1-18(2,3)27-16(24)23(17(25)28-19(4,5)6)15-11-14(13(20)12-21-15)22-7-9-26-10-8-22/h11-12H,7-10H2,1-6H3. The third-order valence-electron chi connectivity index (χ3n) is 3.55. The fourth-order valence-electron chi connectivity index (χ4n) is 2.46. The maximum atomic E-state index is 12.8. The predicted octanol–water partition coefficient (Wildman–Crippen LogP) is 4.36. The first-order valence-corrected chi connectivity index (χ1v) is 9.91. The molecule has 0 saturated carbocycles. The number of rotatable bonds is 2. The summed E-state index contributed by atoms with van der Waals surface area (Å²) in [5.74, 6) is 0.133. The number of hydrogen-bond donors (Lipinski definition) is 0. The van der Waals surface area contributed by atoms with Crippen molar-refractivity contribution < 1.29 is 23.8 Å². The summed E-state index contributed by atoms with van der Waals surface area (Å²) in [6.07, 6.45) is -0.129. The number of carbonyl (C=O) groups excluding carboxylic acids is 2. The van der Waals surface area contributed by atoms with E-state index in [2.05, 4.69) is 25.8 Å². The van der Waals surface area contributed by atoms with Crippen LogP contribution in [0.1, 0.15) is 41.5 Å². The number of hydrogen-bond acceptors (Lipinski definition) is 7. The normalized spacial score (nSPS) is 15.2. The fraction of sp³-hybridized carbons (Fsp3) is 0.632. The molecule has 0 unspecified atom stereocenters. The zero-order chi connectivity index (χ0) is 21.1. The van der Waals surface area contributed by atoms with Crippen molar-refractivity contribution in [3.05, 3.63) is 16.7 Å². The van der Waals surface area contributed by atoms with Gasteiger partial charge in [-0.05, 0) is 57.5 Å². The third kappa shape index (κ3) is 6.34. The van der Waals surface area contributed by atoms with Crippen LogP contribution in [-0.4, -0.2) is 54.7 Å². The molecule has 156 valence electrons. The largest absolute Gasteiger partial charge is 0.443 e. The summed E-state index contributed by atoms with van der Waals surface area (Å²) in [6, 6.07) is 1.67. The molecule has 1 aliphatic heterocycles. The Morgan fingerprint density at radius 1 is 1.07 bits per heavy atom. The summed E-state index contributed by atoms with van der Waals surface area (Å²) in [6.45, 7) is 13.0. The smallest absolute Gasteiger partial charge is 0.425 e. The predicted molar refractivity (Wildman–Crippen MR) is 110 cm³/mol. The highest BCUT2D eigenvalue weighted by atomic mass is 79.9. The van der Waals surface area contributed by atoms with Crippen LogP contribution in [-0.2, 0) is 14.2 Å². The van der Waals surface area contributed by atoms with Gasteiger partial charge in [-0.2, -0.15) is 4.90 Å². The number of aromatic nitrogens is 1. The number of carbonyl (C=O) groups is 2. The molecule has 0 spiro atoms. The second kappa shape index (κ2) is 8.65. The fourth-order valence-corrected chi connectivity index (χ4v) is 2.93. The zero-order valence-corrected chi connectivity index (χ0v) is 18.8. The molecule has 0 aromatic carbocycles. The SMILES string of the molecule is CC(C)(C)OC(=O)N(C(=O)OC(C)(C)C)c1cc(N2CCOCC2)c(Br)cn1. The number of amides is 2. The summed E-state index contributed by atoms with van der Waals surface area (Å²) in [7, 11) is 0. The van der Waals surface area contributed by atoms with Gasteiger partial charge in [0.2, 0.25) is 0 Å². The second-order valence-electron chi connectivity index (χ2n) is 8.39. The molecule has 0 N–H and O–H groups in total. The summed E-state index contributed by atoms with van der Waals surface area (Å²) < 4.78 is 17.0. The minimum atomic E-state index is -0.843. The molecule has 1 saturated heterocycles. The quantitative estimate of drug-likeness (QED) is 0.652. The Morgan fingerprint density at radius 3 is 2.04 bits per heavy atom. The average Bonchev–Trinajstić information content (AvgIpc) is 2.54. The van der Waals surface area contributed by atoms with Crippen molar-refractivity contribution in [3.63, 3.8) is 0 Å². The lowest BCUT2D eigenvalue weighted by molar-refractivity contribution is 0.0429. The zero-order valence-electron chi connectivity index (χ0n) is 17.2. The van der Waals surface area contributed by atoms with Crippen LogP contribution in [0.25, 0.3) is 0 Å². The van der Waals surface area contributed by atoms with E-state index in [1.54, 1.807) is 53.8 Å². The Bertz CT molecular complexity index is 693. The van der Waals surface area contributed by atoms with Crippen molar-refractivity contribution in [1.29, 1.82) is 0 Å². The highest BCUT2D eigenvalue weighted by Crippen LogP contribution is 2.31. The van der Waals surface area contributed by atoms with Gasteiger partial charge in [0.25, 0.3) is 0 Å². The Hall–Kier alpha value is -1.87. The molecule has 0 radical (unpaired) electrons.